The third-order valence-corrected chi connectivity index (χ3v) is 16.1. The van der Waals surface area contributed by atoms with Crippen molar-refractivity contribution in [2.24, 2.45) is 0 Å². The molecule has 0 aliphatic rings. The van der Waals surface area contributed by atoms with Crippen LogP contribution in [0.3, 0.4) is 0 Å². The van der Waals surface area contributed by atoms with Crippen molar-refractivity contribution in [1.82, 2.24) is 39.0 Å². The minimum Gasteiger partial charge on any atom is -0.423 e. The van der Waals surface area contributed by atoms with Crippen molar-refractivity contribution in [3.8, 4) is 90.3 Å². The second kappa shape index (κ2) is 25.6. The number of para-hydroxylation sites is 10. The minimum atomic E-state index is -1.48. The SMILES string of the molecule is Brc1ccc(-c2nc3ccccc3n2-c2ccccc2)cc1.OB(O)c1ccc(-c2nc3ccccc3nc2-c2ccccc2)cc1.c1ccc(-c2nc3ccccc3nc2-c2ccc(-c3ccc(-c4nc5ccccc5n4-c4ccccc4)cc3)cc2)cc1. The molecule has 0 aliphatic carbocycles. The van der Waals surface area contributed by atoms with Crippen molar-refractivity contribution in [1.29, 1.82) is 0 Å². The fraction of sp³-hybridized carbons (Fsp3) is 0. The Morgan fingerprint density at radius 1 is 0.244 bits per heavy atom. The molecule has 0 saturated heterocycles. The maximum atomic E-state index is 9.29. The first kappa shape index (κ1) is 56.5. The van der Waals surface area contributed by atoms with Crippen LogP contribution in [0.4, 0.5) is 0 Å². The van der Waals surface area contributed by atoms with E-state index in [-0.39, 0.29) is 0 Å². The number of benzene rings is 12. The summed E-state index contributed by atoms with van der Waals surface area (Å²) in [6, 6.07) is 106. The number of halogens is 1. The Labute approximate surface area is 528 Å². The Hall–Kier alpha value is -11.3. The largest absolute Gasteiger partial charge is 0.488 e. The van der Waals surface area contributed by atoms with Gasteiger partial charge in [-0.2, -0.15) is 0 Å². The standard InChI is InChI=1S/C39H26N4.C20H15BN2O2.C19H13BrN2/c1-3-11-29(12-4-1)37-38(41-34-16-8-7-15-33(34)40-37)30-23-19-27(20-24-30)28-21-25-31(26-22-28)39-42-35-17-9-10-18-36(35)43(39)32-13-5-2-6-14-32;24-21(25)16-12-10-15(11-13-16)20-19(14-6-2-1-3-7-14)22-17-8-4-5-9-18(17)23-20;20-15-12-10-14(11-13-15)19-21-17-8-4-5-9-18(17)22(19)16-6-2-1-3-7-16/h1-26H;1-13,24-25H;1-13H. The zero-order valence-electron chi connectivity index (χ0n) is 48.4. The van der Waals surface area contributed by atoms with Gasteiger partial charge in [0, 0.05) is 49.2 Å². The number of rotatable bonds is 10. The lowest BCUT2D eigenvalue weighted by atomic mass is 9.80. The zero-order chi connectivity index (χ0) is 60.8. The second-order valence-electron chi connectivity index (χ2n) is 21.4. The van der Waals surface area contributed by atoms with Gasteiger partial charge >= 0.3 is 7.12 Å². The fourth-order valence-corrected chi connectivity index (χ4v) is 11.4. The lowest BCUT2D eigenvalue weighted by molar-refractivity contribution is 0.426. The molecule has 4 aromatic heterocycles. The highest BCUT2D eigenvalue weighted by molar-refractivity contribution is 9.10. The Balaban J connectivity index is 0.000000128. The topological polar surface area (TPSA) is 128 Å². The monoisotopic (exact) mass is 1220 g/mol. The van der Waals surface area contributed by atoms with Gasteiger partial charge < -0.3 is 10.0 Å². The van der Waals surface area contributed by atoms with Crippen LogP contribution in [0.2, 0.25) is 0 Å². The van der Waals surface area contributed by atoms with E-state index in [1.54, 1.807) is 12.1 Å². The van der Waals surface area contributed by atoms with Crippen LogP contribution in [0, 0.1) is 0 Å². The highest BCUT2D eigenvalue weighted by Crippen LogP contribution is 2.36. The van der Waals surface area contributed by atoms with Gasteiger partial charge in [-0.15, -0.1) is 0 Å². The van der Waals surface area contributed by atoms with Crippen LogP contribution < -0.4 is 5.46 Å². The average Bonchev–Trinajstić information content (AvgIpc) is 2.20. The molecule has 2 N–H and O–H groups in total. The maximum Gasteiger partial charge on any atom is 0.488 e. The van der Waals surface area contributed by atoms with Crippen molar-refractivity contribution in [3.05, 3.63) is 320 Å². The van der Waals surface area contributed by atoms with E-state index in [2.05, 4.69) is 183 Å². The van der Waals surface area contributed by atoms with E-state index in [0.29, 0.717) is 5.46 Å². The number of fused-ring (bicyclic) bond motifs is 4. The molecule has 0 amide bonds. The third kappa shape index (κ3) is 11.8. The molecule has 12 aromatic carbocycles. The number of imidazole rings is 2. The molecule has 428 valence electrons. The molecule has 0 unspecified atom stereocenters. The van der Waals surface area contributed by atoms with Gasteiger partial charge in [0.1, 0.15) is 11.6 Å². The first-order valence-corrected chi connectivity index (χ1v) is 30.3. The molecule has 10 nitrogen and oxygen atoms in total. The van der Waals surface area contributed by atoms with Gasteiger partial charge in [0.2, 0.25) is 0 Å². The van der Waals surface area contributed by atoms with Crippen LogP contribution >= 0.6 is 15.9 Å². The molecule has 0 atom stereocenters. The zero-order valence-corrected chi connectivity index (χ0v) is 50.0. The number of aromatic nitrogens is 8. The van der Waals surface area contributed by atoms with Crippen LogP contribution in [0.15, 0.2) is 320 Å². The maximum absolute atomic E-state index is 9.29. The molecule has 0 bridgehead atoms. The molecule has 4 heterocycles. The van der Waals surface area contributed by atoms with Gasteiger partial charge in [0.05, 0.1) is 66.9 Å². The molecule has 90 heavy (non-hydrogen) atoms. The van der Waals surface area contributed by atoms with E-state index < -0.39 is 7.12 Å². The van der Waals surface area contributed by atoms with Crippen LogP contribution in [-0.4, -0.2) is 56.2 Å². The predicted octanol–water partition coefficient (Wildman–Crippen LogP) is 17.7. The van der Waals surface area contributed by atoms with Crippen molar-refractivity contribution in [3.63, 3.8) is 0 Å². The molecule has 0 radical (unpaired) electrons. The normalized spacial score (nSPS) is 11.1. The minimum absolute atomic E-state index is 0.443. The lowest BCUT2D eigenvalue weighted by Gasteiger charge is -2.12. The van der Waals surface area contributed by atoms with Gasteiger partial charge in [0.15, 0.2) is 0 Å². The summed E-state index contributed by atoms with van der Waals surface area (Å²) in [5, 5.41) is 18.6. The molecular formula is C78H54BBrN8O2. The van der Waals surface area contributed by atoms with Crippen LogP contribution in [0.1, 0.15) is 0 Å². The summed E-state index contributed by atoms with van der Waals surface area (Å²) >= 11 is 3.49. The summed E-state index contributed by atoms with van der Waals surface area (Å²) in [6.45, 7) is 0. The molecule has 16 rings (SSSR count). The van der Waals surface area contributed by atoms with Crippen molar-refractivity contribution in [2.45, 2.75) is 0 Å². The lowest BCUT2D eigenvalue weighted by Crippen LogP contribution is -2.29. The summed E-state index contributed by atoms with van der Waals surface area (Å²) < 4.78 is 5.51. The summed E-state index contributed by atoms with van der Waals surface area (Å²) in [5.41, 5.74) is 22.0. The van der Waals surface area contributed by atoms with Gasteiger partial charge in [-0.05, 0) is 102 Å². The summed E-state index contributed by atoms with van der Waals surface area (Å²) in [5.74, 6) is 1.89. The molecule has 0 saturated carbocycles. The van der Waals surface area contributed by atoms with Gasteiger partial charge in [-0.25, -0.2) is 29.9 Å². The Bertz CT molecular complexity index is 5130. The first-order chi connectivity index (χ1) is 44.4. The van der Waals surface area contributed by atoms with Crippen molar-refractivity contribution >= 4 is 72.6 Å². The van der Waals surface area contributed by atoms with Crippen LogP contribution in [0.25, 0.3) is 134 Å². The Kier molecular flexibility index (Phi) is 16.1. The number of hydrogen-bond donors (Lipinski definition) is 2. The van der Waals surface area contributed by atoms with E-state index in [1.165, 1.54) is 0 Å². The molecule has 0 fully saturated rings. The molecule has 0 spiro atoms. The van der Waals surface area contributed by atoms with E-state index in [9.17, 15) is 10.0 Å². The van der Waals surface area contributed by atoms with E-state index in [1.807, 2.05) is 146 Å². The number of nitrogens with zero attached hydrogens (tertiary/aromatic N) is 8. The van der Waals surface area contributed by atoms with Crippen LogP contribution in [0.5, 0.6) is 0 Å². The van der Waals surface area contributed by atoms with Gasteiger partial charge in [0.25, 0.3) is 0 Å². The summed E-state index contributed by atoms with van der Waals surface area (Å²) in [7, 11) is -1.48. The van der Waals surface area contributed by atoms with Gasteiger partial charge in [-0.1, -0.05) is 246 Å². The highest BCUT2D eigenvalue weighted by Gasteiger charge is 2.19. The Morgan fingerprint density at radius 2 is 0.511 bits per heavy atom. The highest BCUT2D eigenvalue weighted by atomic mass is 79.9. The molecule has 0 aliphatic heterocycles. The number of hydrogen-bond acceptors (Lipinski definition) is 8. The van der Waals surface area contributed by atoms with Gasteiger partial charge in [-0.3, -0.25) is 9.13 Å². The predicted molar refractivity (Wildman–Crippen MR) is 370 cm³/mol. The van der Waals surface area contributed by atoms with Crippen molar-refractivity contribution < 1.29 is 10.0 Å². The van der Waals surface area contributed by atoms with E-state index >= 15 is 0 Å². The molecule has 12 heteroatoms. The summed E-state index contributed by atoms with van der Waals surface area (Å²) in [6.07, 6.45) is 0. The smallest absolute Gasteiger partial charge is 0.423 e. The summed E-state index contributed by atoms with van der Waals surface area (Å²) in [4.78, 5) is 29.5. The van der Waals surface area contributed by atoms with E-state index in [0.717, 1.165) is 139 Å². The quantitative estimate of drug-likeness (QED) is 0.130. The van der Waals surface area contributed by atoms with E-state index in [4.69, 9.17) is 29.9 Å². The molecular weight excluding hydrogens is 1170 g/mol. The second-order valence-corrected chi connectivity index (χ2v) is 22.3. The Morgan fingerprint density at radius 3 is 0.867 bits per heavy atom. The first-order valence-electron chi connectivity index (χ1n) is 29.5. The van der Waals surface area contributed by atoms with Crippen molar-refractivity contribution in [2.75, 3.05) is 0 Å². The average molecular weight is 1230 g/mol. The third-order valence-electron chi connectivity index (χ3n) is 15.6. The fourth-order valence-electron chi connectivity index (χ4n) is 11.2. The van der Waals surface area contributed by atoms with Crippen LogP contribution in [-0.2, 0) is 0 Å². The molecule has 16 aromatic rings.